The first-order chi connectivity index (χ1) is 31.4. The topological polar surface area (TPSA) is 218 Å². The molecule has 5 rings (SSSR count). The Balaban J connectivity index is 1.31. The molecular weight excluding hydrogens is 934 g/mol. The number of hydrogen-bond acceptors (Lipinski definition) is 12. The second-order valence-electron chi connectivity index (χ2n) is 14.4. The molecule has 4 unspecified atom stereocenters. The van der Waals surface area contributed by atoms with E-state index in [-0.39, 0.29) is 66.2 Å². The molecule has 0 saturated carbocycles. The van der Waals surface area contributed by atoms with Gasteiger partial charge in [-0.15, -0.1) is 23.2 Å². The van der Waals surface area contributed by atoms with Crippen molar-refractivity contribution in [3.8, 4) is 11.5 Å². The highest BCUT2D eigenvalue weighted by atomic mass is 35.5. The number of benzene rings is 5. The molecule has 5 aromatic rings. The monoisotopic (exact) mass is 974 g/mol. The van der Waals surface area contributed by atoms with E-state index in [2.05, 4.69) is 41.7 Å². The van der Waals surface area contributed by atoms with Gasteiger partial charge in [0.1, 0.15) is 17.2 Å². The van der Waals surface area contributed by atoms with Crippen molar-refractivity contribution in [1.82, 2.24) is 0 Å². The largest absolute Gasteiger partial charge is 0.494 e. The van der Waals surface area contributed by atoms with Crippen molar-refractivity contribution in [2.75, 3.05) is 35.5 Å². The standard InChI is InChI=1S/C46H42Cl4N8O8/c1-23(47)34-11-7-9-13-36(34)52-43(61)27-15-29(49)19-32(17-27)55-57-40(25(3)59)45(63)51-31-21-38(65-5)42(39(22-31)66-6)54-46(64)41(26(4)60)58-56-33-18-28(16-30(50)20-33)44(62)53-37-14-10-8-12-35(37)24(2)48/h7-24,40-41H,1-6H3,(H,51,63)(H,52,61)(H,53,62)(H,54,64). The number of rotatable bonds is 18. The Labute approximate surface area is 399 Å². The number of ketones is 2. The van der Waals surface area contributed by atoms with E-state index in [9.17, 15) is 28.8 Å². The van der Waals surface area contributed by atoms with Crippen LogP contribution in [-0.4, -0.2) is 61.5 Å². The summed E-state index contributed by atoms with van der Waals surface area (Å²) in [7, 11) is 2.56. The molecule has 4 N–H and O–H groups in total. The van der Waals surface area contributed by atoms with Crippen LogP contribution in [0.15, 0.2) is 118 Å². The van der Waals surface area contributed by atoms with E-state index in [1.807, 2.05) is 0 Å². The van der Waals surface area contributed by atoms with Crippen LogP contribution < -0.4 is 30.7 Å². The van der Waals surface area contributed by atoms with E-state index >= 15 is 0 Å². The minimum absolute atomic E-state index is 0.0262. The molecule has 4 atom stereocenters. The van der Waals surface area contributed by atoms with Crippen LogP contribution in [-0.2, 0) is 19.2 Å². The van der Waals surface area contributed by atoms with Gasteiger partial charge in [0, 0.05) is 50.4 Å². The van der Waals surface area contributed by atoms with E-state index in [1.165, 1.54) is 62.8 Å². The second kappa shape index (κ2) is 22.9. The van der Waals surface area contributed by atoms with Crippen LogP contribution in [0.2, 0.25) is 10.0 Å². The number of anilines is 4. The lowest BCUT2D eigenvalue weighted by atomic mass is 10.1. The fraction of sp³-hybridized carbons (Fsp3) is 0.217. The summed E-state index contributed by atoms with van der Waals surface area (Å²) in [6, 6.07) is 21.8. The summed E-state index contributed by atoms with van der Waals surface area (Å²) >= 11 is 25.2. The number of amides is 4. The first-order valence-corrected chi connectivity index (χ1v) is 21.4. The molecule has 0 aromatic heterocycles. The van der Waals surface area contributed by atoms with Gasteiger partial charge < -0.3 is 30.7 Å². The summed E-state index contributed by atoms with van der Waals surface area (Å²) in [4.78, 5) is 78.9. The lowest BCUT2D eigenvalue weighted by Crippen LogP contribution is -2.32. The normalized spacial score (nSPS) is 13.0. The van der Waals surface area contributed by atoms with Crippen molar-refractivity contribution in [3.63, 3.8) is 0 Å². The number of azo groups is 2. The number of alkyl halides is 2. The second-order valence-corrected chi connectivity index (χ2v) is 16.6. The highest BCUT2D eigenvalue weighted by Gasteiger charge is 2.28. The molecule has 66 heavy (non-hydrogen) atoms. The van der Waals surface area contributed by atoms with Gasteiger partial charge >= 0.3 is 0 Å². The maximum absolute atomic E-state index is 13.6. The number of ether oxygens (including phenoxy) is 2. The number of hydrogen-bond donors (Lipinski definition) is 4. The summed E-state index contributed by atoms with van der Waals surface area (Å²) in [5.41, 5.74) is 2.83. The zero-order valence-electron chi connectivity index (χ0n) is 36.1. The molecule has 5 aromatic carbocycles. The minimum atomic E-state index is -1.68. The van der Waals surface area contributed by atoms with Crippen LogP contribution in [0.25, 0.3) is 0 Å². The molecule has 0 fully saturated rings. The maximum atomic E-state index is 13.6. The predicted molar refractivity (Wildman–Crippen MR) is 255 cm³/mol. The number of carbonyl (C=O) groups excluding carboxylic acids is 6. The van der Waals surface area contributed by atoms with Gasteiger partial charge in [-0.2, -0.15) is 20.5 Å². The number of para-hydroxylation sites is 2. The zero-order valence-corrected chi connectivity index (χ0v) is 39.1. The quantitative estimate of drug-likeness (QED) is 0.0375. The molecule has 16 nitrogen and oxygen atoms in total. The van der Waals surface area contributed by atoms with Crippen molar-refractivity contribution >= 4 is 116 Å². The van der Waals surface area contributed by atoms with Crippen molar-refractivity contribution < 1.29 is 38.2 Å². The number of nitrogens with one attached hydrogen (secondary N) is 4. The summed E-state index contributed by atoms with van der Waals surface area (Å²) in [6.07, 6.45) is 0. The van der Waals surface area contributed by atoms with Crippen molar-refractivity contribution in [2.45, 2.75) is 50.5 Å². The van der Waals surface area contributed by atoms with Gasteiger partial charge in [-0.25, -0.2) is 0 Å². The van der Waals surface area contributed by atoms with Gasteiger partial charge in [-0.3, -0.25) is 28.8 Å². The predicted octanol–water partition coefficient (Wildman–Crippen LogP) is 11.5. The Bertz CT molecular complexity index is 2720. The Hall–Kier alpha value is -6.72. The molecular formula is C46H42Cl4N8O8. The number of nitrogens with zero attached hydrogens (tertiary/aromatic N) is 4. The van der Waals surface area contributed by atoms with Crippen molar-refractivity contribution in [1.29, 1.82) is 0 Å². The van der Waals surface area contributed by atoms with Gasteiger partial charge in [0.15, 0.2) is 11.6 Å². The van der Waals surface area contributed by atoms with E-state index in [1.54, 1.807) is 62.4 Å². The molecule has 0 saturated heterocycles. The zero-order chi connectivity index (χ0) is 48.2. The SMILES string of the molecule is COc1cc(NC(=O)C(N=Nc2cc(Cl)cc(C(=O)Nc3ccccc3C(C)Cl)c2)C(C)=O)cc(OC)c1NC(=O)C(N=Nc1cc(Cl)cc(C(=O)Nc2ccccc2C(C)Cl)c1)C(C)=O. The lowest BCUT2D eigenvalue weighted by Gasteiger charge is -2.18. The fourth-order valence-electron chi connectivity index (χ4n) is 6.23. The molecule has 342 valence electrons. The Morgan fingerprint density at radius 3 is 1.32 bits per heavy atom. The maximum Gasteiger partial charge on any atom is 0.259 e. The Kier molecular flexibility index (Phi) is 17.5. The molecule has 0 heterocycles. The lowest BCUT2D eigenvalue weighted by molar-refractivity contribution is -0.127. The van der Waals surface area contributed by atoms with Crippen LogP contribution in [0.1, 0.15) is 70.3 Å². The molecule has 20 heteroatoms. The number of halogens is 4. The molecule has 0 bridgehead atoms. The van der Waals surface area contributed by atoms with Crippen molar-refractivity contribution in [2.24, 2.45) is 20.5 Å². The third-order valence-electron chi connectivity index (χ3n) is 9.43. The molecule has 0 aliphatic rings. The van der Waals surface area contributed by atoms with Gasteiger partial charge in [0.25, 0.3) is 23.6 Å². The fourth-order valence-corrected chi connectivity index (χ4v) is 7.06. The average Bonchev–Trinajstić information content (AvgIpc) is 3.26. The van der Waals surface area contributed by atoms with Crippen LogP contribution in [0.4, 0.5) is 34.1 Å². The van der Waals surface area contributed by atoms with Crippen LogP contribution in [0.3, 0.4) is 0 Å². The number of Topliss-reactive ketones (excluding diaryl/α,β-unsaturated/α-hetero) is 2. The third-order valence-corrected chi connectivity index (χ3v) is 10.3. The molecule has 0 aliphatic carbocycles. The smallest absolute Gasteiger partial charge is 0.259 e. The van der Waals surface area contributed by atoms with Crippen molar-refractivity contribution in [3.05, 3.63) is 129 Å². The van der Waals surface area contributed by atoms with E-state index in [0.717, 1.165) is 13.8 Å². The third kappa shape index (κ3) is 13.2. The molecule has 0 aliphatic heterocycles. The first-order valence-electron chi connectivity index (χ1n) is 19.8. The Morgan fingerprint density at radius 1 is 0.545 bits per heavy atom. The number of methoxy groups -OCH3 is 2. The highest BCUT2D eigenvalue weighted by Crippen LogP contribution is 2.39. The summed E-state index contributed by atoms with van der Waals surface area (Å²) < 4.78 is 11.0. The Morgan fingerprint density at radius 2 is 0.939 bits per heavy atom. The average molecular weight is 977 g/mol. The molecule has 0 radical (unpaired) electrons. The van der Waals surface area contributed by atoms with Crippen LogP contribution in [0, 0.1) is 0 Å². The van der Waals surface area contributed by atoms with Gasteiger partial charge in [0.2, 0.25) is 12.1 Å². The van der Waals surface area contributed by atoms with Gasteiger partial charge in [-0.1, -0.05) is 59.6 Å². The van der Waals surface area contributed by atoms with E-state index in [4.69, 9.17) is 55.9 Å². The summed E-state index contributed by atoms with van der Waals surface area (Å²) in [5, 5.41) is 26.3. The summed E-state index contributed by atoms with van der Waals surface area (Å²) in [6.45, 7) is 5.82. The van der Waals surface area contributed by atoms with E-state index < -0.39 is 47.3 Å². The molecule has 4 amide bonds. The first kappa shape index (κ1) is 50.3. The number of carbonyl (C=O) groups is 6. The van der Waals surface area contributed by atoms with Crippen LogP contribution in [0.5, 0.6) is 11.5 Å². The van der Waals surface area contributed by atoms with E-state index in [0.29, 0.717) is 22.5 Å². The van der Waals surface area contributed by atoms with Crippen LogP contribution >= 0.6 is 46.4 Å². The minimum Gasteiger partial charge on any atom is -0.494 e. The van der Waals surface area contributed by atoms with Gasteiger partial charge in [-0.05, 0) is 87.4 Å². The van der Waals surface area contributed by atoms with Gasteiger partial charge in [0.05, 0.1) is 36.3 Å². The highest BCUT2D eigenvalue weighted by molar-refractivity contribution is 6.32. The summed E-state index contributed by atoms with van der Waals surface area (Å²) in [5.74, 6) is -4.27. The molecule has 0 spiro atoms.